The van der Waals surface area contributed by atoms with Crippen LogP contribution in [-0.2, 0) is 10.0 Å². The van der Waals surface area contributed by atoms with Crippen molar-refractivity contribution in [3.05, 3.63) is 36.5 Å². The molecule has 0 fully saturated rings. The van der Waals surface area contributed by atoms with Gasteiger partial charge in [-0.25, -0.2) is 13.6 Å². The summed E-state index contributed by atoms with van der Waals surface area (Å²) in [6, 6.07) is 9.77. The Kier molecular flexibility index (Phi) is 17.4. The fourth-order valence-corrected chi connectivity index (χ4v) is 1.36. The Hall–Kier alpha value is -1.66. The van der Waals surface area contributed by atoms with Crippen LogP contribution in [0.5, 0.6) is 0 Å². The van der Waals surface area contributed by atoms with Gasteiger partial charge >= 0.3 is 0 Å². The molecule has 134 valence electrons. The van der Waals surface area contributed by atoms with Gasteiger partial charge in [-0.1, -0.05) is 59.7 Å². The molecule has 23 heavy (non-hydrogen) atoms. The molecular formula is C17H32N2O3S. The van der Waals surface area contributed by atoms with E-state index in [4.69, 9.17) is 0 Å². The average Bonchev–Trinajstić information content (AvgIpc) is 2.96. The maximum Gasteiger partial charge on any atom is 0.227 e. The molecule has 0 spiro atoms. The molecule has 0 aliphatic rings. The Morgan fingerprint density at radius 2 is 1.35 bits per heavy atom. The van der Waals surface area contributed by atoms with Gasteiger partial charge in [0, 0.05) is 18.5 Å². The van der Waals surface area contributed by atoms with Crippen LogP contribution in [0.3, 0.4) is 0 Å². The minimum absolute atomic E-state index is 0.0520. The molecule has 0 aliphatic carbocycles. The molecule has 0 saturated heterocycles. The summed E-state index contributed by atoms with van der Waals surface area (Å²) in [6.45, 7) is 13.6. The molecule has 0 amide bonds. The number of primary sulfonamides is 1. The van der Waals surface area contributed by atoms with Crippen LogP contribution in [0.4, 0.5) is 0 Å². The number of rotatable bonds is 0. The van der Waals surface area contributed by atoms with E-state index in [0.29, 0.717) is 0 Å². The molecule has 2 N–H and O–H groups in total. The van der Waals surface area contributed by atoms with Crippen LogP contribution in [0.15, 0.2) is 36.5 Å². The molecule has 0 radical (unpaired) electrons. The second-order valence-corrected chi connectivity index (χ2v) is 5.25. The van der Waals surface area contributed by atoms with Gasteiger partial charge < -0.3 is 0 Å². The lowest BCUT2D eigenvalue weighted by Gasteiger charge is -1.97. The largest absolute Gasteiger partial charge is 0.287 e. The van der Waals surface area contributed by atoms with E-state index in [2.05, 4.69) is 5.14 Å². The first-order chi connectivity index (χ1) is 10.8. The molecule has 0 aliphatic heterocycles. The van der Waals surface area contributed by atoms with Crippen LogP contribution < -0.4 is 5.14 Å². The van der Waals surface area contributed by atoms with Crippen molar-refractivity contribution in [3.63, 3.8) is 0 Å². The highest BCUT2D eigenvalue weighted by molar-refractivity contribution is 7.88. The maximum absolute atomic E-state index is 11.1. The molecule has 5 nitrogen and oxygen atoms in total. The Labute approximate surface area is 141 Å². The smallest absolute Gasteiger partial charge is 0.227 e. The standard InChI is InChI=1S/C10H9NO.3C2H6.CH5NO2S/c1-8(12)11-7-6-9-4-2-3-5-10(9)11;3*1-2;1-5(2,3)4/h2-7H,1H3;3*1-2H3;1H3,(H2,2,3,4). The van der Waals surface area contributed by atoms with Gasteiger partial charge in [0.15, 0.2) is 0 Å². The Bertz CT molecular complexity index is 624. The van der Waals surface area contributed by atoms with E-state index in [-0.39, 0.29) is 5.91 Å². The van der Waals surface area contributed by atoms with Crippen LogP contribution in [0.2, 0.25) is 0 Å². The van der Waals surface area contributed by atoms with E-state index in [0.717, 1.165) is 17.2 Å². The number of para-hydroxylation sites is 1. The number of aromatic nitrogens is 1. The molecule has 2 rings (SSSR count). The topological polar surface area (TPSA) is 82.2 Å². The average molecular weight is 345 g/mol. The Morgan fingerprint density at radius 1 is 0.957 bits per heavy atom. The first kappa shape index (κ1) is 26.2. The number of fused-ring (bicyclic) bond motifs is 1. The second-order valence-electron chi connectivity index (χ2n) is 3.59. The van der Waals surface area contributed by atoms with Crippen molar-refractivity contribution in [2.45, 2.75) is 48.5 Å². The molecule has 2 aromatic rings. The lowest BCUT2D eigenvalue weighted by Crippen LogP contribution is -2.07. The van der Waals surface area contributed by atoms with Crippen molar-refractivity contribution in [3.8, 4) is 0 Å². The van der Waals surface area contributed by atoms with Crippen molar-refractivity contribution < 1.29 is 13.2 Å². The van der Waals surface area contributed by atoms with Crippen LogP contribution in [0.25, 0.3) is 10.9 Å². The summed E-state index contributed by atoms with van der Waals surface area (Å²) in [7, 11) is -3.17. The zero-order valence-corrected chi connectivity index (χ0v) is 16.4. The van der Waals surface area contributed by atoms with Crippen molar-refractivity contribution in [1.82, 2.24) is 4.57 Å². The Balaban J connectivity index is -0.000000309. The number of hydrogen-bond acceptors (Lipinski definition) is 3. The second kappa shape index (κ2) is 15.2. The summed E-state index contributed by atoms with van der Waals surface area (Å²) in [5, 5.41) is 5.43. The van der Waals surface area contributed by atoms with E-state index >= 15 is 0 Å². The zero-order chi connectivity index (χ0) is 19.1. The SMILES string of the molecule is CC.CC.CC.CC(=O)n1ccc2ccccc21.CS(N)(=O)=O. The van der Waals surface area contributed by atoms with Gasteiger partial charge in [0.05, 0.1) is 11.8 Å². The quantitative estimate of drug-likeness (QED) is 0.774. The summed E-state index contributed by atoms with van der Waals surface area (Å²) in [4.78, 5) is 11.1. The zero-order valence-electron chi connectivity index (χ0n) is 15.6. The number of nitrogens with two attached hydrogens (primary N) is 1. The highest BCUT2D eigenvalue weighted by atomic mass is 32.2. The molecule has 1 heterocycles. The summed E-state index contributed by atoms with van der Waals surface area (Å²) >= 11 is 0. The number of carbonyl (C=O) groups is 1. The summed E-state index contributed by atoms with van der Waals surface area (Å²) in [5.74, 6) is 0.0520. The van der Waals surface area contributed by atoms with E-state index in [1.165, 1.54) is 0 Å². The number of benzene rings is 1. The third-order valence-corrected chi connectivity index (χ3v) is 1.94. The van der Waals surface area contributed by atoms with Crippen molar-refractivity contribution in [2.24, 2.45) is 5.14 Å². The maximum atomic E-state index is 11.1. The normalized spacial score (nSPS) is 8.74. The summed E-state index contributed by atoms with van der Waals surface area (Å²) < 4.78 is 20.5. The van der Waals surface area contributed by atoms with Crippen molar-refractivity contribution in [1.29, 1.82) is 0 Å². The number of nitrogens with zero attached hydrogens (tertiary/aromatic N) is 1. The molecular weight excluding hydrogens is 312 g/mol. The van der Waals surface area contributed by atoms with Crippen LogP contribution in [0.1, 0.15) is 53.3 Å². The van der Waals surface area contributed by atoms with E-state index < -0.39 is 10.0 Å². The molecule has 6 heteroatoms. The van der Waals surface area contributed by atoms with Crippen molar-refractivity contribution in [2.75, 3.05) is 6.26 Å². The predicted molar refractivity (Wildman–Crippen MR) is 101 cm³/mol. The van der Waals surface area contributed by atoms with Crippen LogP contribution >= 0.6 is 0 Å². The molecule has 0 bridgehead atoms. The minimum Gasteiger partial charge on any atom is -0.287 e. The van der Waals surface area contributed by atoms with Crippen LogP contribution in [0, 0.1) is 0 Å². The van der Waals surface area contributed by atoms with Crippen LogP contribution in [-0.4, -0.2) is 25.1 Å². The van der Waals surface area contributed by atoms with E-state index in [1.54, 1.807) is 17.7 Å². The first-order valence-corrected chi connectivity index (χ1v) is 9.79. The molecule has 1 aromatic heterocycles. The van der Waals surface area contributed by atoms with E-state index in [9.17, 15) is 13.2 Å². The number of sulfonamides is 1. The highest BCUT2D eigenvalue weighted by Gasteiger charge is 2.01. The van der Waals surface area contributed by atoms with Gasteiger partial charge in [0.25, 0.3) is 0 Å². The fraction of sp³-hybridized carbons (Fsp3) is 0.471. The van der Waals surface area contributed by atoms with Gasteiger partial charge in [0.2, 0.25) is 15.9 Å². The first-order valence-electron chi connectivity index (χ1n) is 7.84. The number of hydrogen-bond donors (Lipinski definition) is 1. The molecule has 0 unspecified atom stereocenters. The summed E-state index contributed by atoms with van der Waals surface area (Å²) in [6.07, 6.45) is 2.74. The Morgan fingerprint density at radius 3 is 1.74 bits per heavy atom. The lowest BCUT2D eigenvalue weighted by molar-refractivity contribution is 0.0941. The summed E-state index contributed by atoms with van der Waals surface area (Å²) in [5.41, 5.74) is 0.977. The predicted octanol–water partition coefficient (Wildman–Crippen LogP) is 4.28. The van der Waals surface area contributed by atoms with Gasteiger partial charge in [-0.3, -0.25) is 9.36 Å². The van der Waals surface area contributed by atoms with Gasteiger partial charge in [-0.15, -0.1) is 0 Å². The number of carbonyl (C=O) groups excluding carboxylic acids is 1. The highest BCUT2D eigenvalue weighted by Crippen LogP contribution is 2.14. The monoisotopic (exact) mass is 344 g/mol. The van der Waals surface area contributed by atoms with Gasteiger partial charge in [0.1, 0.15) is 0 Å². The van der Waals surface area contributed by atoms with Gasteiger partial charge in [-0.05, 0) is 12.1 Å². The fourth-order valence-electron chi connectivity index (χ4n) is 1.36. The molecule has 1 aromatic carbocycles. The third kappa shape index (κ3) is 13.7. The third-order valence-electron chi connectivity index (χ3n) is 1.94. The van der Waals surface area contributed by atoms with Crippen molar-refractivity contribution >= 4 is 26.8 Å². The minimum atomic E-state index is -3.17. The van der Waals surface area contributed by atoms with E-state index in [1.807, 2.05) is 71.9 Å². The lowest BCUT2D eigenvalue weighted by atomic mass is 10.2. The molecule has 0 atom stereocenters. The van der Waals surface area contributed by atoms with Gasteiger partial charge in [-0.2, -0.15) is 0 Å². The molecule has 0 saturated carbocycles.